The van der Waals surface area contributed by atoms with Crippen molar-refractivity contribution in [3.8, 4) is 73.2 Å². The van der Waals surface area contributed by atoms with Crippen molar-refractivity contribution < 1.29 is 34.3 Å². The Balaban J connectivity index is 1.05. The Hall–Kier alpha value is -11.1. The number of para-hydroxylation sites is 2. The second-order valence-electron chi connectivity index (χ2n) is 25.8. The van der Waals surface area contributed by atoms with Gasteiger partial charge in [-0.2, -0.15) is 0 Å². The van der Waals surface area contributed by atoms with Gasteiger partial charge in [-0.1, -0.05) is 254 Å². The fourth-order valence-electron chi connectivity index (χ4n) is 13.8. The number of rotatable bonds is 9. The summed E-state index contributed by atoms with van der Waals surface area (Å²) in [6.45, 7) is 13.0. The Kier molecular flexibility index (Phi) is 9.72. The van der Waals surface area contributed by atoms with E-state index in [1.807, 2.05) is 150 Å². The Bertz CT molecular complexity index is 6350. The summed E-state index contributed by atoms with van der Waals surface area (Å²) in [6, 6.07) is 50.1. The predicted octanol–water partition coefficient (Wildman–Crippen LogP) is 18.8. The number of pyridine rings is 1. The van der Waals surface area contributed by atoms with Crippen LogP contribution >= 0.6 is 0 Å². The summed E-state index contributed by atoms with van der Waals surface area (Å²) in [5, 5.41) is 1.82. The Morgan fingerprint density at radius 1 is 0.441 bits per heavy atom. The molecule has 0 fully saturated rings. The molecule has 93 heavy (non-hydrogen) atoms. The summed E-state index contributed by atoms with van der Waals surface area (Å²) in [4.78, 5) is 4.93. The lowest BCUT2D eigenvalue weighted by atomic mass is 9.81. The molecule has 0 atom stereocenters. The highest BCUT2D eigenvalue weighted by atomic mass is 28.3. The monoisotopic (exact) mass is 1230 g/mol. The molecule has 446 valence electrons. The second kappa shape index (κ2) is 21.5. The van der Waals surface area contributed by atoms with E-state index in [1.54, 1.807) is 16.7 Å². The summed E-state index contributed by atoms with van der Waals surface area (Å²) in [5.41, 5.74) is 12.1. The molecule has 1 aliphatic rings. The van der Waals surface area contributed by atoms with E-state index in [9.17, 15) is 16.4 Å². The third-order valence-corrected chi connectivity index (χ3v) is 22.4. The van der Waals surface area contributed by atoms with Crippen molar-refractivity contribution in [2.75, 3.05) is 0 Å². The minimum Gasteiger partial charge on any atom is -0.458 e. The topological polar surface area (TPSA) is 49.0 Å². The number of nitrogens with zero attached hydrogens (tertiary/aromatic N) is 4. The highest BCUT2D eigenvalue weighted by molar-refractivity contribution is 7.20. The van der Waals surface area contributed by atoms with Gasteiger partial charge < -0.3 is 9.15 Å². The Morgan fingerprint density at radius 3 is 1.70 bits per heavy atom. The Labute approximate surface area is 563 Å². The summed E-state index contributed by atoms with van der Waals surface area (Å²) in [7, 11) is -5.83. The van der Waals surface area contributed by atoms with Crippen LogP contribution in [0.5, 0.6) is 11.5 Å². The van der Waals surface area contributed by atoms with Crippen molar-refractivity contribution in [1.29, 1.82) is 0 Å². The molecule has 0 aliphatic carbocycles. The molecule has 0 unspecified atom stereocenters. The minimum absolute atomic E-state index is 0.0812. The van der Waals surface area contributed by atoms with Gasteiger partial charge >= 0.3 is 0 Å². The van der Waals surface area contributed by atoms with Crippen LogP contribution < -0.4 is 30.1 Å². The number of imidazole rings is 1. The highest BCUT2D eigenvalue weighted by Gasteiger charge is 2.43. The number of ether oxygens (including phenoxy) is 1. The lowest BCUT2D eigenvalue weighted by Crippen LogP contribution is -2.74. The van der Waals surface area contributed by atoms with Crippen molar-refractivity contribution in [3.05, 3.63) is 308 Å². The maximum atomic E-state index is 10.2. The summed E-state index contributed by atoms with van der Waals surface area (Å²) >= 11 is 0. The molecule has 0 N–H and O–H groups in total. The quantitative estimate of drug-likeness (QED) is 0.0626. The molecule has 0 bridgehead atoms. The third-order valence-electron chi connectivity index (χ3n) is 18.2. The second-order valence-corrected chi connectivity index (χ2v) is 29.3. The van der Waals surface area contributed by atoms with Gasteiger partial charge in [0.15, 0.2) is 8.07 Å². The number of aromatic nitrogens is 4. The van der Waals surface area contributed by atoms with E-state index < -0.39 is 120 Å². The molecule has 0 saturated carbocycles. The third kappa shape index (κ3) is 9.12. The van der Waals surface area contributed by atoms with Gasteiger partial charge in [0, 0.05) is 33.8 Å². The fourth-order valence-corrected chi connectivity index (χ4v) is 17.6. The van der Waals surface area contributed by atoms with Crippen LogP contribution in [-0.4, -0.2) is 22.2 Å². The van der Waals surface area contributed by atoms with Crippen LogP contribution in [0, 0.1) is 6.33 Å². The van der Waals surface area contributed by atoms with Crippen LogP contribution in [0.2, 0.25) is 0 Å². The maximum absolute atomic E-state index is 10.2. The first-order chi connectivity index (χ1) is 51.6. The molecule has 0 radical (unpaired) electrons. The molecule has 17 rings (SSSR count). The van der Waals surface area contributed by atoms with Gasteiger partial charge in [-0.15, -0.1) is 0 Å². The van der Waals surface area contributed by atoms with E-state index in [-0.39, 0.29) is 16.1 Å². The van der Waals surface area contributed by atoms with Crippen molar-refractivity contribution in [2.45, 2.75) is 52.4 Å². The van der Waals surface area contributed by atoms with Gasteiger partial charge in [-0.05, 0) is 154 Å². The molecule has 0 amide bonds. The predicted molar refractivity (Wildman–Crippen MR) is 386 cm³/mol. The van der Waals surface area contributed by atoms with Gasteiger partial charge in [-0.3, -0.25) is 13.7 Å². The van der Waals surface area contributed by atoms with Gasteiger partial charge in [0.2, 0.25) is 0 Å². The van der Waals surface area contributed by atoms with Crippen LogP contribution in [-0.2, 0) is 10.8 Å². The molecule has 4 aromatic heterocycles. The van der Waals surface area contributed by atoms with Crippen molar-refractivity contribution >= 4 is 83.6 Å². The van der Waals surface area contributed by atoms with Crippen molar-refractivity contribution in [1.82, 2.24) is 14.1 Å². The van der Waals surface area contributed by atoms with E-state index in [0.29, 0.717) is 56.2 Å². The molecule has 7 heteroatoms. The van der Waals surface area contributed by atoms with Crippen molar-refractivity contribution in [3.63, 3.8) is 0 Å². The van der Waals surface area contributed by atoms with Crippen molar-refractivity contribution in [2.24, 2.45) is 0 Å². The number of benzene rings is 12. The number of furan rings is 1. The number of hydrogen-bond donors (Lipinski definition) is 0. The van der Waals surface area contributed by atoms with Gasteiger partial charge in [0.1, 0.15) is 28.5 Å². The van der Waals surface area contributed by atoms with Crippen LogP contribution in [0.25, 0.3) is 116 Å². The lowest BCUT2D eigenvalue weighted by Gasteiger charge is -2.35. The first-order valence-electron chi connectivity index (χ1n) is 38.4. The minimum atomic E-state index is -5.83. The zero-order chi connectivity index (χ0) is 75.8. The number of fused-ring (bicyclic) bond motifs is 13. The van der Waals surface area contributed by atoms with Crippen LogP contribution in [0.4, 0.5) is 0 Å². The number of hydrogen-bond acceptors (Lipinski definition) is 3. The van der Waals surface area contributed by atoms with Crippen LogP contribution in [0.3, 0.4) is 0 Å². The van der Waals surface area contributed by atoms with Gasteiger partial charge in [0.05, 0.1) is 54.0 Å². The normalized spacial score (nSPS) is 14.7. The molecule has 0 spiro atoms. The first kappa shape index (κ1) is 42.0. The maximum Gasteiger partial charge on any atom is 0.269 e. The molecule has 1 aliphatic heterocycles. The molecular weight excluding hydrogens is 1150 g/mol. The summed E-state index contributed by atoms with van der Waals surface area (Å²) in [5.74, 6) is 1.59. The largest absolute Gasteiger partial charge is 0.458 e. The fraction of sp³-hybridized carbons (Fsp3) is 0.0930. The smallest absolute Gasteiger partial charge is 0.269 e. The molecule has 0 saturated heterocycles. The highest BCUT2D eigenvalue weighted by Crippen LogP contribution is 2.48. The summed E-state index contributed by atoms with van der Waals surface area (Å²) in [6.07, 6.45) is 5.72. The lowest BCUT2D eigenvalue weighted by molar-refractivity contribution is -0.570. The average Bonchev–Trinajstić information content (AvgIpc) is 0.965. The van der Waals surface area contributed by atoms with E-state index in [2.05, 4.69) is 94.9 Å². The molecule has 5 heterocycles. The molecule has 12 aromatic carbocycles. The zero-order valence-corrected chi connectivity index (χ0v) is 52.7. The van der Waals surface area contributed by atoms with Crippen LogP contribution in [0.15, 0.2) is 295 Å². The standard InChI is InChI=1S/C86H66N4O2Si/c1-85(2,3)57-45-46-87-82(50-57)90-77-39-22-20-37-70(77)71-43-42-61(52-78(71)90)91-60-26-24-25-59(51-60)88-55-89-83-73(56-41-44-81-74(47-56)72-38-21-23-40-80(72)92-81)48-58(86(4,5)6)49-75(83)68-35-18-16-33-66(68)67-34-17-19-36-69(67)76-53-65(54-79(88)84(76)89)93(62-27-10-7-11-28-62,63-29-12-8-13-30-63)64-31-14-9-15-32-64/h7-54H,1-6H3/i7D,8D,9D,10D,11D,12D,13D,14D,15D,27D,28D,29D,30D,31D,32D. The van der Waals surface area contributed by atoms with E-state index >= 15 is 0 Å². The van der Waals surface area contributed by atoms with Gasteiger partial charge in [-0.25, -0.2) is 4.98 Å². The first-order valence-corrected chi connectivity index (χ1v) is 32.9. The van der Waals surface area contributed by atoms with Gasteiger partial charge in [0.25, 0.3) is 6.33 Å². The van der Waals surface area contributed by atoms with E-state index in [1.165, 1.54) is 0 Å². The molecular formula is C86H66N4O2Si. The molecule has 6 nitrogen and oxygen atoms in total. The molecule has 16 aromatic rings. The van der Waals surface area contributed by atoms with E-state index in [0.717, 1.165) is 77.3 Å². The SMILES string of the molecule is [2H]c1c([2H])c([2H])c([Si](c2cc3c4c(c2)n(-c2cccc(Oc5ccc6c7ccccc7n(-c7cc(C(C)(C)C)ccn7)c6c5)c2)[c-][n+]4-c2c(-c4ccc5oc6ccccc6c5c4)cc(C(C)(C)C)cc2-c2ccccc2-c2ccccc2-3)(c2c([2H])c([2H])c([2H])c([2H])c2[2H])c2c([2H])c([2H])c([2H])c([2H])c2[2H])c([2H])c1[2H]. The summed E-state index contributed by atoms with van der Waals surface area (Å²) < 4.78 is 165. The zero-order valence-electron chi connectivity index (χ0n) is 66.7. The average molecular weight is 1230 g/mol. The Morgan fingerprint density at radius 2 is 1.02 bits per heavy atom. The van der Waals surface area contributed by atoms with E-state index in [4.69, 9.17) is 18.3 Å². The van der Waals surface area contributed by atoms with Crippen LogP contribution in [0.1, 0.15) is 73.2 Å².